The third-order valence-corrected chi connectivity index (χ3v) is 4.06. The highest BCUT2D eigenvalue weighted by atomic mass is 19.1. The van der Waals surface area contributed by atoms with Crippen LogP contribution in [-0.2, 0) is 9.59 Å². The minimum Gasteiger partial charge on any atom is -0.454 e. The SMILES string of the molecule is CN1C(=O)C(Nc2ccc3c(c2)OCO3)=C(c2ccc(F)cc2)C1=O. The Balaban J connectivity index is 1.76. The number of likely N-dealkylation sites (N-methyl/N-ethyl adjacent to an activating group) is 1. The van der Waals surface area contributed by atoms with Crippen molar-refractivity contribution in [2.75, 3.05) is 19.2 Å². The van der Waals surface area contributed by atoms with E-state index in [0.717, 1.165) is 4.90 Å². The van der Waals surface area contributed by atoms with Gasteiger partial charge in [-0.05, 0) is 29.8 Å². The Kier molecular flexibility index (Phi) is 3.42. The van der Waals surface area contributed by atoms with E-state index in [1.54, 1.807) is 18.2 Å². The van der Waals surface area contributed by atoms with Gasteiger partial charge in [0.2, 0.25) is 6.79 Å². The molecule has 0 atom stereocenters. The van der Waals surface area contributed by atoms with E-state index < -0.39 is 17.6 Å². The predicted octanol–water partition coefficient (Wildman–Crippen LogP) is 2.38. The number of halogens is 1. The Hall–Kier alpha value is -3.35. The van der Waals surface area contributed by atoms with Gasteiger partial charge in [0.25, 0.3) is 11.8 Å². The Morgan fingerprint density at radius 3 is 2.48 bits per heavy atom. The molecule has 2 aliphatic rings. The number of anilines is 1. The normalized spacial score (nSPS) is 16.0. The van der Waals surface area contributed by atoms with Crippen LogP contribution in [0.25, 0.3) is 5.57 Å². The van der Waals surface area contributed by atoms with Crippen molar-refractivity contribution in [3.8, 4) is 11.5 Å². The Morgan fingerprint density at radius 2 is 1.72 bits per heavy atom. The van der Waals surface area contributed by atoms with Crippen LogP contribution in [0.1, 0.15) is 5.56 Å². The number of nitrogens with zero attached hydrogens (tertiary/aromatic N) is 1. The van der Waals surface area contributed by atoms with Gasteiger partial charge in [0.15, 0.2) is 11.5 Å². The first-order chi connectivity index (χ1) is 12.0. The van der Waals surface area contributed by atoms with Crippen molar-refractivity contribution in [1.29, 1.82) is 0 Å². The zero-order chi connectivity index (χ0) is 17.6. The molecule has 2 aliphatic heterocycles. The molecule has 0 aromatic heterocycles. The molecule has 4 rings (SSSR count). The zero-order valence-electron chi connectivity index (χ0n) is 13.2. The Morgan fingerprint density at radius 1 is 1.00 bits per heavy atom. The summed E-state index contributed by atoms with van der Waals surface area (Å²) in [6, 6.07) is 10.6. The van der Waals surface area contributed by atoms with Gasteiger partial charge >= 0.3 is 0 Å². The quantitative estimate of drug-likeness (QED) is 0.869. The molecule has 0 radical (unpaired) electrons. The minimum absolute atomic E-state index is 0.137. The van der Waals surface area contributed by atoms with Crippen molar-refractivity contribution in [2.45, 2.75) is 0 Å². The van der Waals surface area contributed by atoms with Crippen molar-refractivity contribution in [1.82, 2.24) is 4.90 Å². The van der Waals surface area contributed by atoms with Crippen molar-refractivity contribution >= 4 is 23.1 Å². The lowest BCUT2D eigenvalue weighted by Crippen LogP contribution is -2.27. The van der Waals surface area contributed by atoms with Gasteiger partial charge < -0.3 is 14.8 Å². The number of fused-ring (bicyclic) bond motifs is 1. The number of hydrogen-bond donors (Lipinski definition) is 1. The molecule has 0 bridgehead atoms. The molecule has 2 aromatic carbocycles. The van der Waals surface area contributed by atoms with Gasteiger partial charge in [-0.3, -0.25) is 14.5 Å². The van der Waals surface area contributed by atoms with Crippen LogP contribution < -0.4 is 14.8 Å². The maximum Gasteiger partial charge on any atom is 0.277 e. The van der Waals surface area contributed by atoms with Crippen LogP contribution in [0.4, 0.5) is 10.1 Å². The molecule has 0 fully saturated rings. The minimum atomic E-state index is -0.456. The second-order valence-corrected chi connectivity index (χ2v) is 5.62. The van der Waals surface area contributed by atoms with Crippen molar-refractivity contribution in [2.24, 2.45) is 0 Å². The van der Waals surface area contributed by atoms with Gasteiger partial charge in [0.1, 0.15) is 11.5 Å². The van der Waals surface area contributed by atoms with Crippen molar-refractivity contribution in [3.05, 3.63) is 59.5 Å². The molecular formula is C18H13FN2O4. The molecule has 0 unspecified atom stereocenters. The Bertz CT molecular complexity index is 921. The smallest absolute Gasteiger partial charge is 0.277 e. The number of imide groups is 1. The molecule has 2 amide bonds. The first-order valence-corrected chi connectivity index (χ1v) is 7.54. The number of carbonyl (C=O) groups is 2. The fourth-order valence-corrected chi connectivity index (χ4v) is 2.76. The van der Waals surface area contributed by atoms with Crippen LogP contribution >= 0.6 is 0 Å². The molecule has 25 heavy (non-hydrogen) atoms. The summed E-state index contributed by atoms with van der Waals surface area (Å²) in [5.74, 6) is -0.148. The van der Waals surface area contributed by atoms with Gasteiger partial charge in [-0.25, -0.2) is 4.39 Å². The van der Waals surface area contributed by atoms with Crippen molar-refractivity contribution < 1.29 is 23.5 Å². The number of hydrogen-bond acceptors (Lipinski definition) is 5. The summed E-state index contributed by atoms with van der Waals surface area (Å²) in [6.45, 7) is 0.141. The van der Waals surface area contributed by atoms with Crippen LogP contribution in [0.15, 0.2) is 48.2 Å². The van der Waals surface area contributed by atoms with E-state index in [4.69, 9.17) is 9.47 Å². The molecule has 1 N–H and O–H groups in total. The molecule has 0 saturated heterocycles. The lowest BCUT2D eigenvalue weighted by molar-refractivity contribution is -0.135. The largest absolute Gasteiger partial charge is 0.454 e. The molecule has 0 aliphatic carbocycles. The highest BCUT2D eigenvalue weighted by molar-refractivity contribution is 6.36. The Labute approximate surface area is 142 Å². The summed E-state index contributed by atoms with van der Waals surface area (Å²) >= 11 is 0. The standard InChI is InChI=1S/C18H13FN2O4/c1-21-17(22)15(10-2-4-11(19)5-3-10)16(18(21)23)20-12-6-7-13-14(8-12)25-9-24-13/h2-8,20H,9H2,1H3. The highest BCUT2D eigenvalue weighted by Crippen LogP contribution is 2.36. The first kappa shape index (κ1) is 15.2. The third kappa shape index (κ3) is 2.50. The van der Waals surface area contributed by atoms with Crippen LogP contribution in [0, 0.1) is 5.82 Å². The number of nitrogens with one attached hydrogen (secondary N) is 1. The van der Waals surface area contributed by atoms with Crippen LogP contribution in [-0.4, -0.2) is 30.6 Å². The lowest BCUT2D eigenvalue weighted by atomic mass is 10.0. The number of rotatable bonds is 3. The van der Waals surface area contributed by atoms with E-state index in [-0.39, 0.29) is 18.1 Å². The second-order valence-electron chi connectivity index (χ2n) is 5.62. The van der Waals surface area contributed by atoms with Crippen molar-refractivity contribution in [3.63, 3.8) is 0 Å². The summed E-state index contributed by atoms with van der Waals surface area (Å²) in [7, 11) is 1.41. The average molecular weight is 340 g/mol. The molecule has 7 heteroatoms. The zero-order valence-corrected chi connectivity index (χ0v) is 13.2. The molecule has 2 aromatic rings. The van der Waals surface area contributed by atoms with Gasteiger partial charge in [-0.15, -0.1) is 0 Å². The van der Waals surface area contributed by atoms with Gasteiger partial charge in [0.05, 0.1) is 5.57 Å². The van der Waals surface area contributed by atoms with E-state index in [9.17, 15) is 14.0 Å². The van der Waals surface area contributed by atoms with E-state index in [1.807, 2.05) is 0 Å². The summed E-state index contributed by atoms with van der Waals surface area (Å²) in [6.07, 6.45) is 0. The predicted molar refractivity (Wildman–Crippen MR) is 87.3 cm³/mol. The summed E-state index contributed by atoms with van der Waals surface area (Å²) in [5, 5.41) is 2.98. The molecular weight excluding hydrogens is 327 g/mol. The highest BCUT2D eigenvalue weighted by Gasteiger charge is 2.36. The first-order valence-electron chi connectivity index (χ1n) is 7.54. The van der Waals surface area contributed by atoms with E-state index in [2.05, 4.69) is 5.32 Å². The van der Waals surface area contributed by atoms with Crippen LogP contribution in [0.2, 0.25) is 0 Å². The summed E-state index contributed by atoms with van der Waals surface area (Å²) in [4.78, 5) is 25.9. The van der Waals surface area contributed by atoms with Gasteiger partial charge in [-0.1, -0.05) is 12.1 Å². The van der Waals surface area contributed by atoms with E-state index >= 15 is 0 Å². The summed E-state index contributed by atoms with van der Waals surface area (Å²) < 4.78 is 23.7. The summed E-state index contributed by atoms with van der Waals surface area (Å²) in [5.41, 5.74) is 1.38. The third-order valence-electron chi connectivity index (χ3n) is 4.06. The average Bonchev–Trinajstić information content (AvgIpc) is 3.15. The van der Waals surface area contributed by atoms with E-state index in [0.29, 0.717) is 22.7 Å². The molecule has 126 valence electrons. The molecule has 6 nitrogen and oxygen atoms in total. The fourth-order valence-electron chi connectivity index (χ4n) is 2.76. The monoisotopic (exact) mass is 340 g/mol. The molecule has 2 heterocycles. The number of benzene rings is 2. The topological polar surface area (TPSA) is 67.9 Å². The van der Waals surface area contributed by atoms with Gasteiger partial charge in [-0.2, -0.15) is 0 Å². The van der Waals surface area contributed by atoms with Gasteiger partial charge in [0, 0.05) is 18.8 Å². The number of ether oxygens (including phenoxy) is 2. The maximum atomic E-state index is 13.2. The number of amides is 2. The maximum absolute atomic E-state index is 13.2. The second kappa shape index (κ2) is 5.62. The molecule has 0 spiro atoms. The number of carbonyl (C=O) groups excluding carboxylic acids is 2. The molecule has 0 saturated carbocycles. The van der Waals surface area contributed by atoms with Crippen LogP contribution in [0.3, 0.4) is 0 Å². The fraction of sp³-hybridized carbons (Fsp3) is 0.111. The van der Waals surface area contributed by atoms with Crippen LogP contribution in [0.5, 0.6) is 11.5 Å². The lowest BCUT2D eigenvalue weighted by Gasteiger charge is -2.09. The van der Waals surface area contributed by atoms with E-state index in [1.165, 1.54) is 31.3 Å².